The lowest BCUT2D eigenvalue weighted by molar-refractivity contribution is -0.129. The number of nitrogens with zero attached hydrogens (tertiary/aromatic N) is 2. The van der Waals surface area contributed by atoms with Crippen LogP contribution in [0.5, 0.6) is 5.75 Å². The molecule has 1 aliphatic heterocycles. The van der Waals surface area contributed by atoms with Gasteiger partial charge in [-0.3, -0.25) is 14.6 Å². The van der Waals surface area contributed by atoms with Gasteiger partial charge in [0.15, 0.2) is 0 Å². The van der Waals surface area contributed by atoms with Crippen molar-refractivity contribution in [3.63, 3.8) is 0 Å². The highest BCUT2D eigenvalue weighted by Gasteiger charge is 2.26. The number of aromatic hydroxyl groups is 1. The van der Waals surface area contributed by atoms with Gasteiger partial charge in [-0.2, -0.15) is 0 Å². The van der Waals surface area contributed by atoms with Crippen LogP contribution in [-0.4, -0.2) is 46.4 Å². The lowest BCUT2D eigenvalue weighted by atomic mass is 10.1. The molecular weight excluding hydrogens is 318 g/mol. The second-order valence-corrected chi connectivity index (χ2v) is 6.30. The molecule has 6 heteroatoms. The predicted octanol–water partition coefficient (Wildman–Crippen LogP) is 1.61. The second-order valence-electron chi connectivity index (χ2n) is 6.30. The van der Waals surface area contributed by atoms with Gasteiger partial charge in [0.05, 0.1) is 18.2 Å². The van der Waals surface area contributed by atoms with E-state index in [1.54, 1.807) is 0 Å². The second kappa shape index (κ2) is 7.79. The largest absolute Gasteiger partial charge is 0.506 e. The van der Waals surface area contributed by atoms with Crippen LogP contribution in [0.2, 0.25) is 0 Å². The number of nitrogens with one attached hydrogen (secondary N) is 1. The van der Waals surface area contributed by atoms with Crippen LogP contribution >= 0.6 is 0 Å². The third-order valence-corrected chi connectivity index (χ3v) is 4.37. The van der Waals surface area contributed by atoms with Gasteiger partial charge in [0.25, 0.3) is 5.91 Å². The summed E-state index contributed by atoms with van der Waals surface area (Å²) in [5.41, 5.74) is 1.34. The molecule has 0 bridgehead atoms. The Kier molecular flexibility index (Phi) is 5.28. The van der Waals surface area contributed by atoms with Gasteiger partial charge in [-0.1, -0.05) is 30.3 Å². The third kappa shape index (κ3) is 4.56. The summed E-state index contributed by atoms with van der Waals surface area (Å²) in [5, 5.41) is 12.2. The SMILES string of the molecule is O=C(NCC1CCN(C(=O)Cc2ccccc2)C1)c1cncc(O)c1. The van der Waals surface area contributed by atoms with Crippen molar-refractivity contribution in [2.45, 2.75) is 12.8 Å². The molecule has 1 saturated heterocycles. The van der Waals surface area contributed by atoms with Gasteiger partial charge >= 0.3 is 0 Å². The molecule has 0 spiro atoms. The van der Waals surface area contributed by atoms with Crippen molar-refractivity contribution < 1.29 is 14.7 Å². The van der Waals surface area contributed by atoms with Crippen LogP contribution in [0.15, 0.2) is 48.8 Å². The lowest BCUT2D eigenvalue weighted by Crippen LogP contribution is -2.33. The molecular formula is C19H21N3O3. The van der Waals surface area contributed by atoms with Gasteiger partial charge in [0.1, 0.15) is 5.75 Å². The van der Waals surface area contributed by atoms with E-state index in [-0.39, 0.29) is 23.5 Å². The Labute approximate surface area is 146 Å². The summed E-state index contributed by atoms with van der Waals surface area (Å²) in [6.07, 6.45) is 3.98. The van der Waals surface area contributed by atoms with Crippen LogP contribution in [0.4, 0.5) is 0 Å². The van der Waals surface area contributed by atoms with Crippen molar-refractivity contribution in [3.8, 4) is 5.75 Å². The van der Waals surface area contributed by atoms with E-state index < -0.39 is 0 Å². The maximum Gasteiger partial charge on any atom is 0.252 e. The summed E-state index contributed by atoms with van der Waals surface area (Å²) in [5.74, 6) is 0.0646. The van der Waals surface area contributed by atoms with Gasteiger partial charge in [0, 0.05) is 25.8 Å². The number of hydrogen-bond donors (Lipinski definition) is 2. The first kappa shape index (κ1) is 17.0. The maximum absolute atomic E-state index is 12.4. The maximum atomic E-state index is 12.4. The van der Waals surface area contributed by atoms with Crippen LogP contribution in [0.1, 0.15) is 22.3 Å². The number of likely N-dealkylation sites (tertiary alicyclic amines) is 1. The molecule has 1 aromatic carbocycles. The highest BCUT2D eigenvalue weighted by Crippen LogP contribution is 2.17. The fourth-order valence-electron chi connectivity index (χ4n) is 3.00. The fourth-order valence-corrected chi connectivity index (χ4v) is 3.00. The number of pyridine rings is 1. The molecule has 1 aromatic heterocycles. The number of rotatable bonds is 5. The summed E-state index contributed by atoms with van der Waals surface area (Å²) < 4.78 is 0. The Morgan fingerprint density at radius 1 is 1.24 bits per heavy atom. The molecule has 3 rings (SSSR count). The molecule has 2 heterocycles. The smallest absolute Gasteiger partial charge is 0.252 e. The number of carbonyl (C=O) groups excluding carboxylic acids is 2. The van der Waals surface area contributed by atoms with Crippen LogP contribution in [0, 0.1) is 5.92 Å². The quantitative estimate of drug-likeness (QED) is 0.867. The lowest BCUT2D eigenvalue weighted by Gasteiger charge is -2.17. The molecule has 2 N–H and O–H groups in total. The Morgan fingerprint density at radius 3 is 2.80 bits per heavy atom. The third-order valence-electron chi connectivity index (χ3n) is 4.37. The Morgan fingerprint density at radius 2 is 2.04 bits per heavy atom. The molecule has 130 valence electrons. The molecule has 0 radical (unpaired) electrons. The summed E-state index contributed by atoms with van der Waals surface area (Å²) in [7, 11) is 0. The zero-order chi connectivity index (χ0) is 17.6. The van der Waals surface area contributed by atoms with Crippen LogP contribution in [-0.2, 0) is 11.2 Å². The van der Waals surface area contributed by atoms with E-state index in [9.17, 15) is 14.7 Å². The van der Waals surface area contributed by atoms with Crippen molar-refractivity contribution in [1.82, 2.24) is 15.2 Å². The number of benzene rings is 1. The Hall–Kier alpha value is -2.89. The van der Waals surface area contributed by atoms with Crippen LogP contribution in [0.3, 0.4) is 0 Å². The topological polar surface area (TPSA) is 82.5 Å². The standard InChI is InChI=1S/C19H21N3O3/c23-17-9-16(11-20-12-17)19(25)21-10-15-6-7-22(13-15)18(24)8-14-4-2-1-3-5-14/h1-5,9,11-12,15,23H,6-8,10,13H2,(H,21,25). The average molecular weight is 339 g/mol. The van der Waals surface area contributed by atoms with Gasteiger partial charge in [0.2, 0.25) is 5.91 Å². The van der Waals surface area contributed by atoms with E-state index in [0.717, 1.165) is 18.5 Å². The summed E-state index contributed by atoms with van der Waals surface area (Å²) in [6.45, 7) is 1.88. The minimum absolute atomic E-state index is 0.0359. The van der Waals surface area contributed by atoms with Crippen molar-refractivity contribution in [1.29, 1.82) is 0 Å². The van der Waals surface area contributed by atoms with Gasteiger partial charge in [-0.05, 0) is 24.0 Å². The zero-order valence-electron chi connectivity index (χ0n) is 13.9. The van der Waals surface area contributed by atoms with Crippen molar-refractivity contribution in [2.24, 2.45) is 5.92 Å². The molecule has 2 aromatic rings. The van der Waals surface area contributed by atoms with Crippen molar-refractivity contribution in [3.05, 3.63) is 59.9 Å². The first-order chi connectivity index (χ1) is 12.1. The first-order valence-corrected chi connectivity index (χ1v) is 8.36. The predicted molar refractivity (Wildman–Crippen MR) is 93.1 cm³/mol. The van der Waals surface area contributed by atoms with Gasteiger partial charge < -0.3 is 15.3 Å². The van der Waals surface area contributed by atoms with E-state index in [1.165, 1.54) is 18.5 Å². The highest BCUT2D eigenvalue weighted by molar-refractivity contribution is 5.94. The fraction of sp³-hybridized carbons (Fsp3) is 0.316. The minimum atomic E-state index is -0.266. The highest BCUT2D eigenvalue weighted by atomic mass is 16.3. The molecule has 1 atom stereocenters. The van der Waals surface area contributed by atoms with Gasteiger partial charge in [-0.15, -0.1) is 0 Å². The van der Waals surface area contributed by atoms with Crippen molar-refractivity contribution in [2.75, 3.05) is 19.6 Å². The molecule has 1 unspecified atom stereocenters. The number of amides is 2. The Balaban J connectivity index is 1.46. The van der Waals surface area contributed by atoms with Gasteiger partial charge in [-0.25, -0.2) is 0 Å². The molecule has 1 fully saturated rings. The molecule has 6 nitrogen and oxygen atoms in total. The van der Waals surface area contributed by atoms with E-state index >= 15 is 0 Å². The van der Waals surface area contributed by atoms with E-state index in [4.69, 9.17) is 0 Å². The summed E-state index contributed by atoms with van der Waals surface area (Å²) >= 11 is 0. The molecule has 1 aliphatic rings. The minimum Gasteiger partial charge on any atom is -0.506 e. The summed E-state index contributed by atoms with van der Waals surface area (Å²) in [6, 6.07) is 11.1. The monoisotopic (exact) mass is 339 g/mol. The molecule has 25 heavy (non-hydrogen) atoms. The normalized spacial score (nSPS) is 16.6. The molecule has 0 saturated carbocycles. The molecule has 0 aliphatic carbocycles. The summed E-state index contributed by atoms with van der Waals surface area (Å²) in [4.78, 5) is 30.1. The first-order valence-electron chi connectivity index (χ1n) is 8.36. The van der Waals surface area contributed by atoms with Crippen LogP contribution in [0.25, 0.3) is 0 Å². The van der Waals surface area contributed by atoms with E-state index in [1.807, 2.05) is 35.2 Å². The van der Waals surface area contributed by atoms with Crippen molar-refractivity contribution >= 4 is 11.8 Å². The number of hydrogen-bond acceptors (Lipinski definition) is 4. The molecule has 2 amide bonds. The average Bonchev–Trinajstić information content (AvgIpc) is 3.10. The number of aromatic nitrogens is 1. The van der Waals surface area contributed by atoms with E-state index in [2.05, 4.69) is 10.3 Å². The Bertz CT molecular complexity index is 749. The van der Waals surface area contributed by atoms with Crippen LogP contribution < -0.4 is 5.32 Å². The zero-order valence-corrected chi connectivity index (χ0v) is 13.9. The number of carbonyl (C=O) groups is 2. The van der Waals surface area contributed by atoms with E-state index in [0.29, 0.717) is 25.1 Å².